The van der Waals surface area contributed by atoms with Gasteiger partial charge in [-0.25, -0.2) is 4.79 Å². The fourth-order valence-corrected chi connectivity index (χ4v) is 1.08. The first-order chi connectivity index (χ1) is 6.29. The number of aliphatic carboxylic acids is 1. The number of carboxylic acid groups (broad SMARTS) is 1. The molecule has 0 spiro atoms. The molecule has 0 fully saturated rings. The molecule has 0 aromatic heterocycles. The first-order valence-electron chi connectivity index (χ1n) is 4.22. The molecule has 1 N–H and O–H groups in total. The van der Waals surface area contributed by atoms with Crippen molar-refractivity contribution in [2.24, 2.45) is 0 Å². The number of aryl methyl sites for hydroxylation is 1. The predicted octanol–water partition coefficient (Wildman–Crippen LogP) is 2.26. The topological polar surface area (TPSA) is 37.3 Å². The summed E-state index contributed by atoms with van der Waals surface area (Å²) >= 11 is 0. The Hall–Kier alpha value is -1.57. The molecule has 0 bridgehead atoms. The smallest absolute Gasteiger partial charge is 0.327 e. The van der Waals surface area contributed by atoms with E-state index in [9.17, 15) is 4.79 Å². The Bertz CT molecular complexity index is 288. The maximum absolute atomic E-state index is 10.1. The van der Waals surface area contributed by atoms with Crippen molar-refractivity contribution in [3.63, 3.8) is 0 Å². The lowest BCUT2D eigenvalue weighted by Gasteiger charge is -1.95. The van der Waals surface area contributed by atoms with Crippen molar-refractivity contribution in [1.29, 1.82) is 0 Å². The summed E-state index contributed by atoms with van der Waals surface area (Å²) in [4.78, 5) is 10.1. The van der Waals surface area contributed by atoms with Gasteiger partial charge in [-0.15, -0.1) is 0 Å². The third-order valence-corrected chi connectivity index (χ3v) is 1.70. The summed E-state index contributed by atoms with van der Waals surface area (Å²) < 4.78 is 0. The fraction of sp³-hybridized carbons (Fsp3) is 0.182. The molecule has 1 rings (SSSR count). The molecule has 0 aliphatic heterocycles. The van der Waals surface area contributed by atoms with Crippen LogP contribution in [-0.2, 0) is 11.2 Å². The van der Waals surface area contributed by atoms with E-state index in [1.165, 1.54) is 11.6 Å². The Morgan fingerprint density at radius 3 is 2.62 bits per heavy atom. The van der Waals surface area contributed by atoms with Gasteiger partial charge in [0.05, 0.1) is 0 Å². The highest BCUT2D eigenvalue weighted by Gasteiger charge is 1.89. The Labute approximate surface area is 77.5 Å². The van der Waals surface area contributed by atoms with Crippen LogP contribution >= 0.6 is 0 Å². The molecule has 0 unspecified atom stereocenters. The zero-order valence-electron chi connectivity index (χ0n) is 7.31. The summed E-state index contributed by atoms with van der Waals surface area (Å²) in [6.07, 6.45) is 4.53. The molecule has 0 saturated carbocycles. The molecule has 0 amide bonds. The normalized spacial score (nSPS) is 10.5. The standard InChI is InChI=1S/C11H12O2/c12-11(13)9-5-4-8-10-6-2-1-3-7-10/h1-3,5-7,9H,4,8H2,(H,12,13). The third-order valence-electron chi connectivity index (χ3n) is 1.70. The van der Waals surface area contributed by atoms with Crippen molar-refractivity contribution >= 4 is 5.97 Å². The van der Waals surface area contributed by atoms with Gasteiger partial charge in [-0.3, -0.25) is 0 Å². The SMILES string of the molecule is O=C(O)C=CCCc1ccccc1. The van der Waals surface area contributed by atoms with Crippen LogP contribution in [0.3, 0.4) is 0 Å². The van der Waals surface area contributed by atoms with Gasteiger partial charge >= 0.3 is 5.97 Å². The molecule has 0 atom stereocenters. The highest BCUT2D eigenvalue weighted by molar-refractivity contribution is 5.79. The molecule has 0 aliphatic carbocycles. The molecule has 1 aromatic carbocycles. The maximum atomic E-state index is 10.1. The molecule has 68 valence electrons. The third kappa shape index (κ3) is 4.11. The summed E-state index contributed by atoms with van der Waals surface area (Å²) in [5.41, 5.74) is 1.23. The molecular weight excluding hydrogens is 164 g/mol. The van der Waals surface area contributed by atoms with Gasteiger partial charge in [0.1, 0.15) is 0 Å². The first kappa shape index (κ1) is 9.52. The van der Waals surface area contributed by atoms with Crippen LogP contribution in [0.1, 0.15) is 12.0 Å². The zero-order valence-corrected chi connectivity index (χ0v) is 7.31. The van der Waals surface area contributed by atoms with Gasteiger partial charge in [0.2, 0.25) is 0 Å². The van der Waals surface area contributed by atoms with Crippen molar-refractivity contribution in [3.05, 3.63) is 48.0 Å². The van der Waals surface area contributed by atoms with Crippen molar-refractivity contribution in [3.8, 4) is 0 Å². The van der Waals surface area contributed by atoms with Crippen LogP contribution in [0.2, 0.25) is 0 Å². The molecule has 0 heterocycles. The largest absolute Gasteiger partial charge is 0.478 e. The van der Waals surface area contributed by atoms with E-state index in [4.69, 9.17) is 5.11 Å². The molecule has 2 heteroatoms. The minimum Gasteiger partial charge on any atom is -0.478 e. The number of carbonyl (C=O) groups is 1. The number of allylic oxidation sites excluding steroid dienone is 1. The van der Waals surface area contributed by atoms with Gasteiger partial charge in [0, 0.05) is 6.08 Å². The van der Waals surface area contributed by atoms with Gasteiger partial charge in [-0.1, -0.05) is 36.4 Å². The molecule has 0 radical (unpaired) electrons. The van der Waals surface area contributed by atoms with Crippen LogP contribution in [-0.4, -0.2) is 11.1 Å². The Balaban J connectivity index is 2.32. The molecule has 1 aromatic rings. The lowest BCUT2D eigenvalue weighted by Crippen LogP contribution is -1.87. The van der Waals surface area contributed by atoms with E-state index < -0.39 is 5.97 Å². The van der Waals surface area contributed by atoms with Crippen molar-refractivity contribution in [2.75, 3.05) is 0 Å². The highest BCUT2D eigenvalue weighted by atomic mass is 16.4. The molecule has 0 aliphatic rings. The number of rotatable bonds is 4. The first-order valence-corrected chi connectivity index (χ1v) is 4.22. The monoisotopic (exact) mass is 176 g/mol. The minimum atomic E-state index is -0.881. The second-order valence-electron chi connectivity index (χ2n) is 2.76. The predicted molar refractivity (Wildman–Crippen MR) is 51.5 cm³/mol. The Morgan fingerprint density at radius 1 is 1.31 bits per heavy atom. The van der Waals surface area contributed by atoms with Gasteiger partial charge in [0.25, 0.3) is 0 Å². The van der Waals surface area contributed by atoms with Crippen molar-refractivity contribution in [2.45, 2.75) is 12.8 Å². The van der Waals surface area contributed by atoms with Crippen LogP contribution in [0, 0.1) is 0 Å². The fourth-order valence-electron chi connectivity index (χ4n) is 1.08. The van der Waals surface area contributed by atoms with Gasteiger partial charge in [0.15, 0.2) is 0 Å². The van der Waals surface area contributed by atoms with E-state index in [1.54, 1.807) is 6.08 Å². The van der Waals surface area contributed by atoms with Gasteiger partial charge in [-0.05, 0) is 18.4 Å². The van der Waals surface area contributed by atoms with Crippen LogP contribution in [0.4, 0.5) is 0 Å². The number of hydrogen-bond donors (Lipinski definition) is 1. The second kappa shape index (κ2) is 5.14. The Morgan fingerprint density at radius 2 is 2.00 bits per heavy atom. The Kier molecular flexibility index (Phi) is 3.76. The average Bonchev–Trinajstić information content (AvgIpc) is 2.14. The van der Waals surface area contributed by atoms with E-state index in [1.807, 2.05) is 30.3 Å². The summed E-state index contributed by atoms with van der Waals surface area (Å²) in [5.74, 6) is -0.881. The number of benzene rings is 1. The van der Waals surface area contributed by atoms with E-state index in [2.05, 4.69) is 0 Å². The van der Waals surface area contributed by atoms with Gasteiger partial charge < -0.3 is 5.11 Å². The lowest BCUT2D eigenvalue weighted by molar-refractivity contribution is -0.131. The van der Waals surface area contributed by atoms with Crippen LogP contribution < -0.4 is 0 Å². The number of carboxylic acids is 1. The van der Waals surface area contributed by atoms with Crippen LogP contribution in [0.15, 0.2) is 42.5 Å². The summed E-state index contributed by atoms with van der Waals surface area (Å²) in [5, 5.41) is 8.32. The molecular formula is C11H12O2. The zero-order chi connectivity index (χ0) is 9.52. The quantitative estimate of drug-likeness (QED) is 0.714. The highest BCUT2D eigenvalue weighted by Crippen LogP contribution is 2.02. The van der Waals surface area contributed by atoms with Crippen LogP contribution in [0.5, 0.6) is 0 Å². The van der Waals surface area contributed by atoms with E-state index in [0.29, 0.717) is 0 Å². The molecule has 13 heavy (non-hydrogen) atoms. The van der Waals surface area contributed by atoms with E-state index in [0.717, 1.165) is 12.8 Å². The van der Waals surface area contributed by atoms with E-state index in [-0.39, 0.29) is 0 Å². The molecule has 0 saturated heterocycles. The average molecular weight is 176 g/mol. The molecule has 2 nitrogen and oxygen atoms in total. The summed E-state index contributed by atoms with van der Waals surface area (Å²) in [7, 11) is 0. The number of hydrogen-bond acceptors (Lipinski definition) is 1. The summed E-state index contributed by atoms with van der Waals surface area (Å²) in [6.45, 7) is 0. The maximum Gasteiger partial charge on any atom is 0.327 e. The van der Waals surface area contributed by atoms with Gasteiger partial charge in [-0.2, -0.15) is 0 Å². The second-order valence-corrected chi connectivity index (χ2v) is 2.76. The minimum absolute atomic E-state index is 0.774. The summed E-state index contributed by atoms with van der Waals surface area (Å²) in [6, 6.07) is 10.0. The lowest BCUT2D eigenvalue weighted by atomic mass is 10.1. The van der Waals surface area contributed by atoms with Crippen molar-refractivity contribution < 1.29 is 9.90 Å². The van der Waals surface area contributed by atoms with Crippen molar-refractivity contribution in [1.82, 2.24) is 0 Å². The van der Waals surface area contributed by atoms with E-state index >= 15 is 0 Å². The van der Waals surface area contributed by atoms with Crippen LogP contribution in [0.25, 0.3) is 0 Å².